The van der Waals surface area contributed by atoms with Gasteiger partial charge in [0.1, 0.15) is 0 Å². The molecule has 0 aliphatic carbocycles. The van der Waals surface area contributed by atoms with Gasteiger partial charge >= 0.3 is 5.97 Å². The topological polar surface area (TPSA) is 57.6 Å². The summed E-state index contributed by atoms with van der Waals surface area (Å²) in [7, 11) is 0. The van der Waals surface area contributed by atoms with E-state index in [9.17, 15) is 14.7 Å². The molecule has 4 nitrogen and oxygen atoms in total. The van der Waals surface area contributed by atoms with E-state index in [1.165, 1.54) is 0 Å². The van der Waals surface area contributed by atoms with E-state index in [4.69, 9.17) is 0 Å². The molecule has 1 saturated heterocycles. The highest BCUT2D eigenvalue weighted by molar-refractivity contribution is 7.10. The number of carboxylic acid groups (broad SMARTS) is 1. The summed E-state index contributed by atoms with van der Waals surface area (Å²) in [6, 6.07) is 9.91. The van der Waals surface area contributed by atoms with Crippen LogP contribution in [0.1, 0.15) is 41.4 Å². The number of carboxylic acids is 1. The Morgan fingerprint density at radius 3 is 2.64 bits per heavy atom. The van der Waals surface area contributed by atoms with Crippen molar-refractivity contribution in [2.45, 2.75) is 33.1 Å². The Bertz CT molecular complexity index is 783. The largest absolute Gasteiger partial charge is 0.481 e. The fourth-order valence-corrected chi connectivity index (χ4v) is 4.52. The van der Waals surface area contributed by atoms with Crippen LogP contribution in [-0.2, 0) is 4.79 Å². The van der Waals surface area contributed by atoms with E-state index in [2.05, 4.69) is 0 Å². The second kappa shape index (κ2) is 7.00. The molecule has 0 spiro atoms. The first-order valence-electron chi connectivity index (χ1n) is 8.64. The summed E-state index contributed by atoms with van der Waals surface area (Å²) in [5.41, 5.74) is 1.87. The first kappa shape index (κ1) is 17.7. The van der Waals surface area contributed by atoms with Crippen LogP contribution < -0.4 is 0 Å². The first-order chi connectivity index (χ1) is 12.0. The molecule has 1 N–H and O–H groups in total. The number of carbonyl (C=O) groups excluding carboxylic acids is 1. The lowest BCUT2D eigenvalue weighted by Crippen LogP contribution is -2.49. The zero-order valence-corrected chi connectivity index (χ0v) is 15.4. The van der Waals surface area contributed by atoms with Crippen molar-refractivity contribution in [2.75, 3.05) is 13.1 Å². The van der Waals surface area contributed by atoms with Gasteiger partial charge in [0.15, 0.2) is 0 Å². The van der Waals surface area contributed by atoms with Crippen LogP contribution in [0.4, 0.5) is 0 Å². The average molecular weight is 357 g/mol. The van der Waals surface area contributed by atoms with Gasteiger partial charge in [-0.15, -0.1) is 11.3 Å². The van der Waals surface area contributed by atoms with Crippen LogP contribution in [0.15, 0.2) is 35.7 Å². The predicted octanol–water partition coefficient (Wildman–Crippen LogP) is 4.44. The number of likely N-dealkylation sites (tertiary alicyclic amines) is 1. The third-order valence-corrected chi connectivity index (χ3v) is 6.17. The summed E-state index contributed by atoms with van der Waals surface area (Å²) in [6.45, 7) is 4.83. The number of rotatable bonds is 4. The molecule has 1 aromatic carbocycles. The molecule has 3 rings (SSSR count). The second-order valence-corrected chi connectivity index (χ2v) is 7.80. The van der Waals surface area contributed by atoms with Crippen LogP contribution in [0.25, 0.3) is 11.1 Å². The van der Waals surface area contributed by atoms with Crippen LogP contribution in [-0.4, -0.2) is 35.0 Å². The van der Waals surface area contributed by atoms with E-state index in [-0.39, 0.29) is 5.91 Å². The van der Waals surface area contributed by atoms with Crippen LogP contribution in [0.3, 0.4) is 0 Å². The van der Waals surface area contributed by atoms with Crippen molar-refractivity contribution in [3.05, 3.63) is 46.2 Å². The molecule has 0 saturated carbocycles. The zero-order chi connectivity index (χ0) is 18.0. The van der Waals surface area contributed by atoms with E-state index < -0.39 is 11.4 Å². The predicted molar refractivity (Wildman–Crippen MR) is 100.0 cm³/mol. The van der Waals surface area contributed by atoms with Crippen molar-refractivity contribution < 1.29 is 14.7 Å². The molecule has 25 heavy (non-hydrogen) atoms. The summed E-state index contributed by atoms with van der Waals surface area (Å²) in [6.07, 6.45) is 1.91. The van der Waals surface area contributed by atoms with Crippen molar-refractivity contribution in [1.29, 1.82) is 0 Å². The number of nitrogens with zero attached hydrogens (tertiary/aromatic N) is 1. The molecule has 1 aliphatic rings. The maximum absolute atomic E-state index is 13.2. The number of piperidine rings is 1. The van der Waals surface area contributed by atoms with Gasteiger partial charge in [-0.05, 0) is 31.7 Å². The minimum Gasteiger partial charge on any atom is -0.481 e. The Balaban J connectivity index is 1.93. The van der Waals surface area contributed by atoms with Gasteiger partial charge < -0.3 is 10.0 Å². The van der Waals surface area contributed by atoms with Gasteiger partial charge in [-0.25, -0.2) is 0 Å². The standard InChI is InChI=1S/C20H23NO3S/c1-3-20(19(23)24)10-7-11-21(13-20)18(22)16-12-25-14(2)17(16)15-8-5-4-6-9-15/h4-6,8-9,12H,3,7,10-11,13H2,1-2H3,(H,23,24). The molecule has 1 aliphatic heterocycles. The quantitative estimate of drug-likeness (QED) is 0.880. The Kier molecular flexibility index (Phi) is 4.95. The highest BCUT2D eigenvalue weighted by Gasteiger charge is 2.42. The molecule has 2 heterocycles. The van der Waals surface area contributed by atoms with Crippen LogP contribution in [0.2, 0.25) is 0 Å². The van der Waals surface area contributed by atoms with Crippen molar-refractivity contribution in [3.8, 4) is 11.1 Å². The molecule has 2 aromatic rings. The maximum Gasteiger partial charge on any atom is 0.311 e. The molecule has 1 aromatic heterocycles. The maximum atomic E-state index is 13.2. The van der Waals surface area contributed by atoms with Gasteiger partial charge in [-0.2, -0.15) is 0 Å². The molecule has 5 heteroatoms. The summed E-state index contributed by atoms with van der Waals surface area (Å²) in [5, 5.41) is 11.6. The molecule has 1 unspecified atom stereocenters. The Labute approximate surface area is 152 Å². The van der Waals surface area contributed by atoms with Gasteiger partial charge in [0.25, 0.3) is 5.91 Å². The van der Waals surface area contributed by atoms with Gasteiger partial charge in [0.2, 0.25) is 0 Å². The average Bonchev–Trinajstić information content (AvgIpc) is 3.03. The number of aliphatic carboxylic acids is 1. The normalized spacial score (nSPS) is 20.5. The van der Waals surface area contributed by atoms with Crippen LogP contribution >= 0.6 is 11.3 Å². The molecule has 1 amide bonds. The van der Waals surface area contributed by atoms with Gasteiger partial charge in [0.05, 0.1) is 11.0 Å². The van der Waals surface area contributed by atoms with E-state index in [1.54, 1.807) is 16.2 Å². The number of benzene rings is 1. The number of hydrogen-bond donors (Lipinski definition) is 1. The van der Waals surface area contributed by atoms with Crippen LogP contribution in [0, 0.1) is 12.3 Å². The lowest BCUT2D eigenvalue weighted by molar-refractivity contribution is -0.152. The first-order valence-corrected chi connectivity index (χ1v) is 9.52. The molecular formula is C20H23NO3S. The SMILES string of the molecule is CCC1(C(=O)O)CCCN(C(=O)c2csc(C)c2-c2ccccc2)C1. The Hall–Kier alpha value is -2.14. The lowest BCUT2D eigenvalue weighted by atomic mass is 9.77. The van der Waals surface area contributed by atoms with E-state index >= 15 is 0 Å². The third kappa shape index (κ3) is 3.21. The number of thiophene rings is 1. The number of aryl methyl sites for hydroxylation is 1. The number of hydrogen-bond acceptors (Lipinski definition) is 3. The monoisotopic (exact) mass is 357 g/mol. The molecule has 1 fully saturated rings. The second-order valence-electron chi connectivity index (χ2n) is 6.72. The fourth-order valence-electron chi connectivity index (χ4n) is 3.67. The highest BCUT2D eigenvalue weighted by atomic mass is 32.1. The summed E-state index contributed by atoms with van der Waals surface area (Å²) < 4.78 is 0. The van der Waals surface area contributed by atoms with E-state index in [1.807, 2.05) is 49.6 Å². The molecule has 0 radical (unpaired) electrons. The Morgan fingerprint density at radius 1 is 1.28 bits per heavy atom. The Morgan fingerprint density at radius 2 is 2.00 bits per heavy atom. The van der Waals surface area contributed by atoms with E-state index in [0.29, 0.717) is 31.5 Å². The third-order valence-electron chi connectivity index (χ3n) is 5.26. The van der Waals surface area contributed by atoms with Gasteiger partial charge in [0, 0.05) is 28.9 Å². The number of amides is 1. The molecule has 1 atom stereocenters. The summed E-state index contributed by atoms with van der Waals surface area (Å²) >= 11 is 1.57. The molecular weight excluding hydrogens is 334 g/mol. The van der Waals surface area contributed by atoms with Crippen molar-refractivity contribution in [2.24, 2.45) is 5.41 Å². The fraction of sp³-hybridized carbons (Fsp3) is 0.400. The summed E-state index contributed by atoms with van der Waals surface area (Å²) in [5.74, 6) is -0.848. The molecule has 132 valence electrons. The van der Waals surface area contributed by atoms with Crippen LogP contribution in [0.5, 0.6) is 0 Å². The highest BCUT2D eigenvalue weighted by Crippen LogP contribution is 2.37. The van der Waals surface area contributed by atoms with Gasteiger partial charge in [-0.3, -0.25) is 9.59 Å². The van der Waals surface area contributed by atoms with E-state index in [0.717, 1.165) is 22.4 Å². The smallest absolute Gasteiger partial charge is 0.311 e. The minimum absolute atomic E-state index is 0.0537. The molecule has 0 bridgehead atoms. The van der Waals surface area contributed by atoms with Crippen molar-refractivity contribution >= 4 is 23.2 Å². The lowest BCUT2D eigenvalue weighted by Gasteiger charge is -2.39. The van der Waals surface area contributed by atoms with Crippen molar-refractivity contribution in [1.82, 2.24) is 4.90 Å². The zero-order valence-electron chi connectivity index (χ0n) is 14.6. The summed E-state index contributed by atoms with van der Waals surface area (Å²) in [4.78, 5) is 27.8. The number of carbonyl (C=O) groups is 2. The van der Waals surface area contributed by atoms with Crippen molar-refractivity contribution in [3.63, 3.8) is 0 Å². The minimum atomic E-state index is -0.814. The van der Waals surface area contributed by atoms with Gasteiger partial charge in [-0.1, -0.05) is 37.3 Å².